The van der Waals surface area contributed by atoms with Crippen molar-refractivity contribution < 1.29 is 65.1 Å². The summed E-state index contributed by atoms with van der Waals surface area (Å²) in [6.45, 7) is 10.8. The molecule has 25 heteroatoms. The number of anilines is 1. The highest BCUT2D eigenvalue weighted by Gasteiger charge is 2.39. The normalized spacial score (nSPS) is 21.2. The van der Waals surface area contributed by atoms with E-state index in [0.717, 1.165) is 29.1 Å². The molecule has 0 aliphatic heterocycles. The number of carbonyl (C=O) groups excluding carboxylic acids is 2. The minimum atomic E-state index is -4.34. The van der Waals surface area contributed by atoms with Gasteiger partial charge in [0.15, 0.2) is 0 Å². The second-order valence-corrected chi connectivity index (χ2v) is 19.9. The van der Waals surface area contributed by atoms with E-state index < -0.39 is 66.8 Å². The third kappa shape index (κ3) is 16.6. The Labute approximate surface area is 384 Å². The summed E-state index contributed by atoms with van der Waals surface area (Å²) in [6.07, 6.45) is -10.8. The predicted octanol–water partition coefficient (Wildman–Crippen LogP) is 7.74. The number of rotatable bonds is 9. The van der Waals surface area contributed by atoms with Crippen LogP contribution in [0.5, 0.6) is 12.0 Å². The van der Waals surface area contributed by atoms with E-state index in [1.807, 2.05) is 27.8 Å². The van der Waals surface area contributed by atoms with Crippen molar-refractivity contribution in [2.24, 2.45) is 0 Å². The molecule has 6 atom stereocenters. The van der Waals surface area contributed by atoms with Crippen LogP contribution >= 0.6 is 34.3 Å². The van der Waals surface area contributed by atoms with E-state index in [-0.39, 0.29) is 45.1 Å². The molecule has 0 spiro atoms. The van der Waals surface area contributed by atoms with Crippen LogP contribution in [0, 0.1) is 0 Å². The molecular weight excluding hydrogens is 934 g/mol. The Balaban J connectivity index is 0.000000236. The molecule has 364 valence electrons. The third-order valence-electron chi connectivity index (χ3n) is 9.56. The summed E-state index contributed by atoms with van der Waals surface area (Å²) >= 11 is 7.68. The minimum Gasteiger partial charge on any atom is -0.467 e. The predicted molar refractivity (Wildman–Crippen MR) is 234 cm³/mol. The molecule has 5 N–H and O–H groups in total. The molecule has 0 saturated heterocycles. The van der Waals surface area contributed by atoms with Gasteiger partial charge in [0.2, 0.25) is 0 Å². The van der Waals surface area contributed by atoms with Gasteiger partial charge < -0.3 is 50.0 Å². The molecule has 0 radical (unpaired) electrons. The lowest BCUT2D eigenvalue weighted by Gasteiger charge is -2.28. The molecular formula is C40H55ClF6N8O8S2. The second-order valence-electron chi connectivity index (χ2n) is 17.3. The van der Waals surface area contributed by atoms with Gasteiger partial charge in [-0.1, -0.05) is 11.6 Å². The van der Waals surface area contributed by atoms with E-state index in [2.05, 4.69) is 35.9 Å². The molecule has 6 rings (SSSR count). The van der Waals surface area contributed by atoms with Crippen LogP contribution < -0.4 is 30.3 Å². The number of aliphatic hydroxyl groups excluding tert-OH is 2. The van der Waals surface area contributed by atoms with Crippen molar-refractivity contribution in [2.75, 3.05) is 33.2 Å². The molecule has 0 aromatic carbocycles. The Bertz CT molecular complexity index is 2240. The minimum absolute atomic E-state index is 0.0118. The van der Waals surface area contributed by atoms with Crippen LogP contribution in [0.3, 0.4) is 0 Å². The third-order valence-corrected chi connectivity index (χ3v) is 11.9. The van der Waals surface area contributed by atoms with Crippen molar-refractivity contribution in [1.82, 2.24) is 35.9 Å². The molecule has 65 heavy (non-hydrogen) atoms. The van der Waals surface area contributed by atoms with Crippen LogP contribution in [-0.4, -0.2) is 131 Å². The Hall–Kier alpha value is -4.23. The zero-order valence-electron chi connectivity index (χ0n) is 37.4. The van der Waals surface area contributed by atoms with Crippen LogP contribution in [0.15, 0.2) is 12.1 Å². The number of carbonyl (C=O) groups is 2. The first-order chi connectivity index (χ1) is 30.0. The van der Waals surface area contributed by atoms with Crippen molar-refractivity contribution in [2.45, 2.75) is 140 Å². The van der Waals surface area contributed by atoms with Crippen molar-refractivity contribution >= 4 is 72.7 Å². The number of amides is 2. The number of likely N-dealkylation sites (N-methyl/N-ethyl adjacent to an activating group) is 2. The van der Waals surface area contributed by atoms with E-state index in [9.17, 15) is 46.1 Å². The first-order valence-corrected chi connectivity index (χ1v) is 22.2. The van der Waals surface area contributed by atoms with Crippen molar-refractivity contribution in [3.63, 3.8) is 0 Å². The van der Waals surface area contributed by atoms with Crippen LogP contribution in [0.4, 0.5) is 41.7 Å². The van der Waals surface area contributed by atoms with Gasteiger partial charge in [0.05, 0.1) is 50.7 Å². The largest absolute Gasteiger partial charge is 0.467 e. The number of nitrogens with zero attached hydrogens (tertiary/aromatic N) is 5. The fourth-order valence-electron chi connectivity index (χ4n) is 6.95. The highest BCUT2D eigenvalue weighted by Crippen LogP contribution is 2.38. The molecule has 2 aliphatic carbocycles. The van der Waals surface area contributed by atoms with E-state index >= 15 is 0 Å². The molecule has 4 heterocycles. The first-order valence-electron chi connectivity index (χ1n) is 20.2. The van der Waals surface area contributed by atoms with Gasteiger partial charge in [-0.15, -0.1) is 22.7 Å². The molecule has 16 nitrogen and oxygen atoms in total. The number of aromatic nitrogens is 4. The number of methoxy groups -OCH3 is 2. The fraction of sp³-hybridized carbons (Fsp3) is 0.650. The van der Waals surface area contributed by atoms with Crippen molar-refractivity contribution in [3.8, 4) is 12.0 Å². The number of thiophene rings is 2. The summed E-state index contributed by atoms with van der Waals surface area (Å²) in [6, 6.07) is 2.14. The van der Waals surface area contributed by atoms with Gasteiger partial charge in [-0.2, -0.15) is 46.3 Å². The SMILES string of the molecule is CN[C@H]1C[C@@H](NC(=O)OC(C)(C)C)C[C@H]1O.COc1nc(Cl)c2cc(CC(F)(F)F)sc2n1.COc1nc(N(C)[C@H]2C[C@@H](NC(=O)OC(C)(C)C)C[C@H]2O)c2cc(CC(F)(F)F)sc2n1. The summed E-state index contributed by atoms with van der Waals surface area (Å²) in [5.41, 5.74) is -1.13. The van der Waals surface area contributed by atoms with E-state index in [1.165, 1.54) is 26.4 Å². The maximum atomic E-state index is 12.9. The van der Waals surface area contributed by atoms with Gasteiger partial charge in [0.1, 0.15) is 31.8 Å². The van der Waals surface area contributed by atoms with Crippen LogP contribution in [-0.2, 0) is 22.3 Å². The number of nitrogens with one attached hydrogen (secondary N) is 3. The average molecular weight is 990 g/mol. The molecule has 2 saturated carbocycles. The van der Waals surface area contributed by atoms with Crippen LogP contribution in [0.2, 0.25) is 5.15 Å². The Morgan fingerprint density at radius 2 is 1.18 bits per heavy atom. The highest BCUT2D eigenvalue weighted by atomic mass is 35.5. The Morgan fingerprint density at radius 3 is 1.63 bits per heavy atom. The number of ether oxygens (including phenoxy) is 4. The van der Waals surface area contributed by atoms with Crippen molar-refractivity contribution in [1.29, 1.82) is 0 Å². The summed E-state index contributed by atoms with van der Waals surface area (Å²) in [7, 11) is 6.25. The summed E-state index contributed by atoms with van der Waals surface area (Å²) in [4.78, 5) is 42.5. The molecule has 0 unspecified atom stereocenters. The molecule has 0 bridgehead atoms. The number of alkyl carbamates (subject to hydrolysis) is 2. The number of alkyl halides is 6. The van der Waals surface area contributed by atoms with Crippen LogP contribution in [0.25, 0.3) is 20.4 Å². The summed E-state index contributed by atoms with van der Waals surface area (Å²) in [5, 5.41) is 29.8. The van der Waals surface area contributed by atoms with Gasteiger partial charge in [-0.3, -0.25) is 0 Å². The maximum Gasteiger partial charge on any atom is 0.407 e. The first kappa shape index (κ1) is 53.4. The summed E-state index contributed by atoms with van der Waals surface area (Å²) < 4.78 is 95.7. The monoisotopic (exact) mass is 988 g/mol. The highest BCUT2D eigenvalue weighted by molar-refractivity contribution is 7.19. The summed E-state index contributed by atoms with van der Waals surface area (Å²) in [5.74, 6) is 0.360. The Kier molecular flexibility index (Phi) is 17.7. The number of halogens is 7. The number of hydrogen-bond donors (Lipinski definition) is 5. The average Bonchev–Trinajstić information content (AvgIpc) is 3.92. The lowest BCUT2D eigenvalue weighted by Crippen LogP contribution is -2.40. The van der Waals surface area contributed by atoms with Gasteiger partial charge in [-0.25, -0.2) is 9.59 Å². The lowest BCUT2D eigenvalue weighted by atomic mass is 10.1. The van der Waals surface area contributed by atoms with Crippen LogP contribution in [0.1, 0.15) is 77.0 Å². The van der Waals surface area contributed by atoms with Crippen molar-refractivity contribution in [3.05, 3.63) is 27.0 Å². The number of hydrogen-bond acceptors (Lipinski definition) is 16. The fourth-order valence-corrected chi connectivity index (χ4v) is 9.32. The molecule has 4 aromatic rings. The van der Waals surface area contributed by atoms with Gasteiger partial charge in [0, 0.05) is 40.3 Å². The standard InChI is InChI=1S/C20H27F3N4O4S.C11H22N2O3.C9H6ClF3N2OS/c1-19(2,3)31-18(29)24-10-6-13(14(28)7-10)27(4)15-12-8-11(9-20(21,22)23)32-16(12)26-17(25-15)30-5;1-11(2,3)16-10(15)13-7-5-8(12-4)9(14)6-7;1-16-8-14-6(10)5-2-4(3-9(11,12)13)17-7(5)15-8/h8,10,13-14,28H,6-7,9H2,1-5H3,(H,24,29);7-9,12,14H,5-6H2,1-4H3,(H,13,15);2H,3H2,1H3/t10-,13+,14-;7-,8+,9-;/m11./s1. The topological polar surface area (TPSA) is 202 Å². The quantitative estimate of drug-likeness (QED) is 0.0805. The van der Waals surface area contributed by atoms with E-state index in [0.29, 0.717) is 45.5 Å². The molecule has 2 amide bonds. The Morgan fingerprint density at radius 1 is 0.738 bits per heavy atom. The second kappa shape index (κ2) is 21.6. The molecule has 2 fully saturated rings. The van der Waals surface area contributed by atoms with Gasteiger partial charge in [-0.05, 0) is 86.4 Å². The lowest BCUT2D eigenvalue weighted by molar-refractivity contribution is -0.127. The zero-order valence-corrected chi connectivity index (χ0v) is 39.8. The maximum absolute atomic E-state index is 12.9. The molecule has 2 aliphatic rings. The zero-order chi connectivity index (χ0) is 48.8. The molecule has 4 aromatic heterocycles. The number of fused-ring (bicyclic) bond motifs is 2. The van der Waals surface area contributed by atoms with E-state index in [4.69, 9.17) is 30.5 Å². The van der Waals surface area contributed by atoms with Gasteiger partial charge >= 0.3 is 36.6 Å². The smallest absolute Gasteiger partial charge is 0.407 e. The number of aliphatic hydroxyl groups is 2. The van der Waals surface area contributed by atoms with Gasteiger partial charge in [0.25, 0.3) is 0 Å². The van der Waals surface area contributed by atoms with E-state index in [1.54, 1.807) is 32.7 Å².